The molecule has 11 heavy (non-hydrogen) atoms. The Bertz CT molecular complexity index is 125. The smallest absolute Gasteiger partial charge is 0.183 e. The molecule has 1 saturated heterocycles. The molecule has 1 fully saturated rings. The maximum absolute atomic E-state index is 5.33. The van der Waals surface area contributed by atoms with Crippen LogP contribution in [0.15, 0.2) is 0 Å². The number of methoxy groups -OCH3 is 2. The third-order valence-electron chi connectivity index (χ3n) is 2.03. The van der Waals surface area contributed by atoms with E-state index in [2.05, 4.69) is 22.6 Å². The van der Waals surface area contributed by atoms with Gasteiger partial charge in [0, 0.05) is 20.6 Å². The number of rotatable bonds is 2. The summed E-state index contributed by atoms with van der Waals surface area (Å²) < 4.78 is 16.2. The Morgan fingerprint density at radius 1 is 1.45 bits per heavy atom. The fraction of sp³-hybridized carbons (Fsp3) is 1.00. The molecule has 0 saturated carbocycles. The van der Waals surface area contributed by atoms with Gasteiger partial charge in [0.15, 0.2) is 5.79 Å². The molecule has 0 spiro atoms. The standard InChI is InChI=1S/C7H13IO3/c1-9-7(10-2)3-4-11-5-6(7)8/h6H,3-5H2,1-2H3/t6-/m0/s1. The summed E-state index contributed by atoms with van der Waals surface area (Å²) in [5, 5.41) is 0. The van der Waals surface area contributed by atoms with E-state index in [0.717, 1.165) is 13.0 Å². The van der Waals surface area contributed by atoms with Crippen LogP contribution in [0.1, 0.15) is 6.42 Å². The van der Waals surface area contributed by atoms with Gasteiger partial charge < -0.3 is 14.2 Å². The van der Waals surface area contributed by atoms with Crippen molar-refractivity contribution < 1.29 is 14.2 Å². The molecule has 0 aliphatic carbocycles. The minimum absolute atomic E-state index is 0.281. The summed E-state index contributed by atoms with van der Waals surface area (Å²) in [6.45, 7) is 1.43. The van der Waals surface area contributed by atoms with Gasteiger partial charge in [-0.25, -0.2) is 0 Å². The van der Waals surface area contributed by atoms with E-state index in [0.29, 0.717) is 6.61 Å². The molecule has 0 bridgehead atoms. The van der Waals surface area contributed by atoms with Crippen LogP contribution in [-0.2, 0) is 14.2 Å². The first-order chi connectivity index (χ1) is 5.25. The van der Waals surface area contributed by atoms with Crippen LogP contribution in [0.2, 0.25) is 0 Å². The fourth-order valence-corrected chi connectivity index (χ4v) is 2.30. The average Bonchev–Trinajstić information content (AvgIpc) is 2.06. The van der Waals surface area contributed by atoms with Crippen LogP contribution in [0.5, 0.6) is 0 Å². The molecule has 1 aliphatic rings. The molecule has 1 rings (SSSR count). The van der Waals surface area contributed by atoms with Crippen LogP contribution < -0.4 is 0 Å². The van der Waals surface area contributed by atoms with Crippen LogP contribution in [0.25, 0.3) is 0 Å². The summed E-state index contributed by atoms with van der Waals surface area (Å²) in [5.41, 5.74) is 0. The molecule has 0 aromatic rings. The van der Waals surface area contributed by atoms with Crippen molar-refractivity contribution in [2.75, 3.05) is 27.4 Å². The molecule has 0 amide bonds. The van der Waals surface area contributed by atoms with Gasteiger partial charge in [-0.1, -0.05) is 22.6 Å². The minimum atomic E-state index is -0.418. The molecule has 4 heteroatoms. The van der Waals surface area contributed by atoms with Crippen molar-refractivity contribution in [3.8, 4) is 0 Å². The van der Waals surface area contributed by atoms with Gasteiger partial charge in [0.05, 0.1) is 17.1 Å². The molecular weight excluding hydrogens is 259 g/mol. The van der Waals surface area contributed by atoms with E-state index in [1.165, 1.54) is 0 Å². The molecule has 1 aliphatic heterocycles. The quantitative estimate of drug-likeness (QED) is 0.429. The lowest BCUT2D eigenvalue weighted by molar-refractivity contribution is -0.234. The predicted octanol–water partition coefficient (Wildman–Crippen LogP) is 1.20. The first-order valence-electron chi connectivity index (χ1n) is 3.57. The summed E-state index contributed by atoms with van der Waals surface area (Å²) in [7, 11) is 3.36. The topological polar surface area (TPSA) is 27.7 Å². The Hall–Kier alpha value is 0.610. The van der Waals surface area contributed by atoms with Crippen LogP contribution in [0.4, 0.5) is 0 Å². The van der Waals surface area contributed by atoms with Gasteiger partial charge in [-0.05, 0) is 0 Å². The highest BCUT2D eigenvalue weighted by atomic mass is 127. The molecule has 66 valence electrons. The second kappa shape index (κ2) is 4.02. The van der Waals surface area contributed by atoms with Gasteiger partial charge in [-0.3, -0.25) is 0 Å². The lowest BCUT2D eigenvalue weighted by atomic mass is 10.1. The SMILES string of the molecule is COC1(OC)CCOC[C@@H]1I. The summed E-state index contributed by atoms with van der Waals surface area (Å²) in [4.78, 5) is 0. The van der Waals surface area contributed by atoms with Crippen molar-refractivity contribution in [3.63, 3.8) is 0 Å². The maximum atomic E-state index is 5.33. The normalized spacial score (nSPS) is 30.3. The number of hydrogen-bond donors (Lipinski definition) is 0. The Morgan fingerprint density at radius 2 is 2.09 bits per heavy atom. The van der Waals surface area contributed by atoms with E-state index < -0.39 is 5.79 Å². The molecular formula is C7H13IO3. The average molecular weight is 272 g/mol. The zero-order chi connectivity index (χ0) is 8.32. The largest absolute Gasteiger partial charge is 0.380 e. The van der Waals surface area contributed by atoms with Crippen LogP contribution >= 0.6 is 22.6 Å². The van der Waals surface area contributed by atoms with Gasteiger partial charge in [0.1, 0.15) is 0 Å². The van der Waals surface area contributed by atoms with Crippen LogP contribution in [0.3, 0.4) is 0 Å². The summed E-state index contributed by atoms with van der Waals surface area (Å²) >= 11 is 2.30. The van der Waals surface area contributed by atoms with Gasteiger partial charge in [-0.15, -0.1) is 0 Å². The van der Waals surface area contributed by atoms with Crippen molar-refractivity contribution in [1.29, 1.82) is 0 Å². The van der Waals surface area contributed by atoms with Crippen LogP contribution in [-0.4, -0.2) is 37.1 Å². The minimum Gasteiger partial charge on any atom is -0.380 e. The molecule has 0 aromatic carbocycles. The lowest BCUT2D eigenvalue weighted by Crippen LogP contribution is -2.49. The van der Waals surface area contributed by atoms with E-state index in [4.69, 9.17) is 14.2 Å². The first-order valence-corrected chi connectivity index (χ1v) is 4.82. The van der Waals surface area contributed by atoms with Gasteiger partial charge in [0.2, 0.25) is 0 Å². The monoisotopic (exact) mass is 272 g/mol. The summed E-state index contributed by atoms with van der Waals surface area (Å²) in [5.74, 6) is -0.418. The molecule has 3 nitrogen and oxygen atoms in total. The highest BCUT2D eigenvalue weighted by molar-refractivity contribution is 14.1. The van der Waals surface area contributed by atoms with Crippen molar-refractivity contribution >= 4 is 22.6 Å². The van der Waals surface area contributed by atoms with Crippen LogP contribution in [0, 0.1) is 0 Å². The molecule has 0 radical (unpaired) electrons. The Morgan fingerprint density at radius 3 is 2.45 bits per heavy atom. The molecule has 1 heterocycles. The lowest BCUT2D eigenvalue weighted by Gasteiger charge is -2.38. The van der Waals surface area contributed by atoms with Crippen molar-refractivity contribution in [2.45, 2.75) is 16.1 Å². The highest BCUT2D eigenvalue weighted by Crippen LogP contribution is 2.30. The van der Waals surface area contributed by atoms with Gasteiger partial charge in [-0.2, -0.15) is 0 Å². The van der Waals surface area contributed by atoms with Gasteiger partial charge >= 0.3 is 0 Å². The van der Waals surface area contributed by atoms with Gasteiger partial charge in [0.25, 0.3) is 0 Å². The van der Waals surface area contributed by atoms with E-state index in [1.54, 1.807) is 14.2 Å². The van der Waals surface area contributed by atoms with Crippen molar-refractivity contribution in [2.24, 2.45) is 0 Å². The van der Waals surface area contributed by atoms with Crippen molar-refractivity contribution in [1.82, 2.24) is 0 Å². The third-order valence-corrected chi connectivity index (χ3v) is 3.34. The number of ether oxygens (including phenoxy) is 3. The maximum Gasteiger partial charge on any atom is 0.183 e. The zero-order valence-corrected chi connectivity index (χ0v) is 8.96. The van der Waals surface area contributed by atoms with E-state index in [9.17, 15) is 0 Å². The molecule has 1 atom stereocenters. The predicted molar refractivity (Wildman–Crippen MR) is 50.0 cm³/mol. The molecule has 0 N–H and O–H groups in total. The Kier molecular flexibility index (Phi) is 3.54. The first kappa shape index (κ1) is 9.70. The number of hydrogen-bond acceptors (Lipinski definition) is 3. The second-order valence-electron chi connectivity index (χ2n) is 2.51. The number of halogens is 1. The van der Waals surface area contributed by atoms with E-state index >= 15 is 0 Å². The molecule has 0 aromatic heterocycles. The van der Waals surface area contributed by atoms with Crippen molar-refractivity contribution in [3.05, 3.63) is 0 Å². The summed E-state index contributed by atoms with van der Waals surface area (Å²) in [6.07, 6.45) is 0.813. The van der Waals surface area contributed by atoms with E-state index in [-0.39, 0.29) is 3.92 Å². The highest BCUT2D eigenvalue weighted by Gasteiger charge is 2.40. The fourth-order valence-electron chi connectivity index (χ4n) is 1.23. The van der Waals surface area contributed by atoms with E-state index in [1.807, 2.05) is 0 Å². The molecule has 0 unspecified atom stereocenters. The second-order valence-corrected chi connectivity index (χ2v) is 4.02. The number of alkyl halides is 1. The zero-order valence-electron chi connectivity index (χ0n) is 6.80. The Labute approximate surface area is 80.5 Å². The third kappa shape index (κ3) is 1.85. The Balaban J connectivity index is 2.61. The summed E-state index contributed by atoms with van der Waals surface area (Å²) in [6, 6.07) is 0.